The fourth-order valence-corrected chi connectivity index (χ4v) is 3.69. The SMILES string of the molecule is CCC1CCc2nc(N)c(C#N)c(-c3cccc(OC)c3OC)c2C1. The highest BCUT2D eigenvalue weighted by atomic mass is 16.5. The molecule has 2 N–H and O–H groups in total. The van der Waals surface area contributed by atoms with Crippen molar-refractivity contribution in [3.05, 3.63) is 35.0 Å². The zero-order valence-corrected chi connectivity index (χ0v) is 14.9. The number of nitrogens with two attached hydrogens (primary N) is 1. The molecule has 0 amide bonds. The van der Waals surface area contributed by atoms with E-state index in [-0.39, 0.29) is 5.82 Å². The van der Waals surface area contributed by atoms with Gasteiger partial charge in [-0.25, -0.2) is 4.98 Å². The second-order valence-corrected chi connectivity index (χ2v) is 6.34. The lowest BCUT2D eigenvalue weighted by molar-refractivity contribution is 0.356. The van der Waals surface area contributed by atoms with Crippen LogP contribution < -0.4 is 15.2 Å². The lowest BCUT2D eigenvalue weighted by Gasteiger charge is -2.27. The van der Waals surface area contributed by atoms with Crippen LogP contribution in [0.3, 0.4) is 0 Å². The van der Waals surface area contributed by atoms with Gasteiger partial charge in [-0.05, 0) is 36.8 Å². The Balaban J connectivity index is 2.33. The van der Waals surface area contributed by atoms with Crippen molar-refractivity contribution in [3.63, 3.8) is 0 Å². The van der Waals surface area contributed by atoms with Crippen LogP contribution in [0.25, 0.3) is 11.1 Å². The second-order valence-electron chi connectivity index (χ2n) is 6.34. The monoisotopic (exact) mass is 337 g/mol. The third kappa shape index (κ3) is 2.89. The van der Waals surface area contributed by atoms with Crippen LogP contribution in [-0.4, -0.2) is 19.2 Å². The molecule has 1 aromatic carbocycles. The van der Waals surface area contributed by atoms with E-state index in [2.05, 4.69) is 18.0 Å². The summed E-state index contributed by atoms with van der Waals surface area (Å²) in [6, 6.07) is 7.95. The third-order valence-corrected chi connectivity index (χ3v) is 5.06. The number of hydrogen-bond donors (Lipinski definition) is 1. The van der Waals surface area contributed by atoms with Crippen molar-refractivity contribution in [1.29, 1.82) is 5.26 Å². The fourth-order valence-electron chi connectivity index (χ4n) is 3.69. The number of rotatable bonds is 4. The number of methoxy groups -OCH3 is 2. The first-order valence-electron chi connectivity index (χ1n) is 8.57. The zero-order chi connectivity index (χ0) is 18.0. The van der Waals surface area contributed by atoms with Crippen LogP contribution in [0.1, 0.15) is 36.6 Å². The minimum Gasteiger partial charge on any atom is -0.493 e. The summed E-state index contributed by atoms with van der Waals surface area (Å²) in [5.41, 5.74) is 10.3. The first-order valence-corrected chi connectivity index (χ1v) is 8.57. The number of nitrogens with zero attached hydrogens (tertiary/aromatic N) is 2. The van der Waals surface area contributed by atoms with Gasteiger partial charge < -0.3 is 15.2 Å². The quantitative estimate of drug-likeness (QED) is 0.919. The number of anilines is 1. The highest BCUT2D eigenvalue weighted by molar-refractivity contribution is 5.84. The molecule has 0 saturated heterocycles. The number of aromatic nitrogens is 1. The molecular weight excluding hydrogens is 314 g/mol. The number of ether oxygens (including phenoxy) is 2. The van der Waals surface area contributed by atoms with E-state index in [1.54, 1.807) is 14.2 Å². The van der Waals surface area contributed by atoms with Crippen LogP contribution in [0.5, 0.6) is 11.5 Å². The topological polar surface area (TPSA) is 81.2 Å². The Hall–Kier alpha value is -2.74. The van der Waals surface area contributed by atoms with Gasteiger partial charge in [-0.15, -0.1) is 0 Å². The third-order valence-electron chi connectivity index (χ3n) is 5.06. The van der Waals surface area contributed by atoms with E-state index in [1.165, 1.54) is 0 Å². The highest BCUT2D eigenvalue weighted by Gasteiger charge is 2.27. The van der Waals surface area contributed by atoms with Crippen LogP contribution in [0, 0.1) is 17.2 Å². The number of pyridine rings is 1. The van der Waals surface area contributed by atoms with E-state index in [4.69, 9.17) is 15.2 Å². The maximum atomic E-state index is 9.73. The van der Waals surface area contributed by atoms with Crippen molar-refractivity contribution < 1.29 is 9.47 Å². The molecule has 0 bridgehead atoms. The average molecular weight is 337 g/mol. The predicted octanol–water partition coefficient (Wildman–Crippen LogP) is 3.73. The Bertz CT molecular complexity index is 840. The molecule has 0 fully saturated rings. The first kappa shape index (κ1) is 17.1. The molecule has 0 saturated carbocycles. The predicted molar refractivity (Wildman–Crippen MR) is 97.7 cm³/mol. The molecule has 1 aliphatic carbocycles. The van der Waals surface area contributed by atoms with Crippen LogP contribution in [0.4, 0.5) is 5.82 Å². The lowest BCUT2D eigenvalue weighted by Crippen LogP contribution is -2.18. The Morgan fingerprint density at radius 2 is 2.12 bits per heavy atom. The molecule has 1 heterocycles. The summed E-state index contributed by atoms with van der Waals surface area (Å²) in [4.78, 5) is 4.52. The molecule has 1 aliphatic rings. The van der Waals surface area contributed by atoms with Crippen molar-refractivity contribution >= 4 is 5.82 Å². The van der Waals surface area contributed by atoms with Crippen LogP contribution in [-0.2, 0) is 12.8 Å². The van der Waals surface area contributed by atoms with Crippen molar-refractivity contribution in [2.75, 3.05) is 20.0 Å². The number of hydrogen-bond acceptors (Lipinski definition) is 5. The molecule has 0 radical (unpaired) electrons. The van der Waals surface area contributed by atoms with Gasteiger partial charge in [0.05, 0.1) is 14.2 Å². The molecule has 1 aromatic heterocycles. The van der Waals surface area contributed by atoms with E-state index in [0.717, 1.165) is 48.1 Å². The van der Waals surface area contributed by atoms with Gasteiger partial charge in [0.25, 0.3) is 0 Å². The highest BCUT2D eigenvalue weighted by Crippen LogP contribution is 2.44. The Kier molecular flexibility index (Phi) is 4.80. The smallest absolute Gasteiger partial charge is 0.168 e. The zero-order valence-electron chi connectivity index (χ0n) is 14.9. The molecule has 130 valence electrons. The lowest BCUT2D eigenvalue weighted by atomic mass is 9.80. The van der Waals surface area contributed by atoms with Crippen LogP contribution in [0.15, 0.2) is 18.2 Å². The number of benzene rings is 1. The summed E-state index contributed by atoms with van der Waals surface area (Å²) in [5.74, 6) is 2.14. The average Bonchev–Trinajstić information content (AvgIpc) is 2.65. The van der Waals surface area contributed by atoms with Gasteiger partial charge in [-0.2, -0.15) is 5.26 Å². The van der Waals surface area contributed by atoms with Crippen molar-refractivity contribution in [3.8, 4) is 28.7 Å². The number of aryl methyl sites for hydroxylation is 1. The molecule has 1 atom stereocenters. The van der Waals surface area contributed by atoms with E-state index in [0.29, 0.717) is 23.0 Å². The Morgan fingerprint density at radius 1 is 1.32 bits per heavy atom. The van der Waals surface area contributed by atoms with Gasteiger partial charge in [0.15, 0.2) is 11.5 Å². The van der Waals surface area contributed by atoms with E-state index in [1.807, 2.05) is 18.2 Å². The summed E-state index contributed by atoms with van der Waals surface area (Å²) in [6.45, 7) is 2.21. The van der Waals surface area contributed by atoms with Gasteiger partial charge in [0.1, 0.15) is 17.5 Å². The number of para-hydroxylation sites is 1. The number of nitriles is 1. The minimum absolute atomic E-state index is 0.288. The molecule has 25 heavy (non-hydrogen) atoms. The van der Waals surface area contributed by atoms with Gasteiger partial charge >= 0.3 is 0 Å². The molecule has 0 spiro atoms. The van der Waals surface area contributed by atoms with E-state index < -0.39 is 0 Å². The van der Waals surface area contributed by atoms with Gasteiger partial charge in [0.2, 0.25) is 0 Å². The van der Waals surface area contributed by atoms with Crippen LogP contribution in [0.2, 0.25) is 0 Å². The maximum Gasteiger partial charge on any atom is 0.168 e. The summed E-state index contributed by atoms with van der Waals surface area (Å²) >= 11 is 0. The Morgan fingerprint density at radius 3 is 2.76 bits per heavy atom. The molecule has 2 aromatic rings. The summed E-state index contributed by atoms with van der Waals surface area (Å²) in [6.07, 6.45) is 4.02. The van der Waals surface area contributed by atoms with E-state index >= 15 is 0 Å². The van der Waals surface area contributed by atoms with E-state index in [9.17, 15) is 5.26 Å². The van der Waals surface area contributed by atoms with Gasteiger partial charge in [-0.3, -0.25) is 0 Å². The number of fused-ring (bicyclic) bond motifs is 1. The molecule has 5 heteroatoms. The minimum atomic E-state index is 0.288. The number of nitrogen functional groups attached to an aromatic ring is 1. The largest absolute Gasteiger partial charge is 0.493 e. The molecular formula is C20H23N3O2. The van der Waals surface area contributed by atoms with Crippen molar-refractivity contribution in [2.24, 2.45) is 5.92 Å². The molecule has 1 unspecified atom stereocenters. The summed E-state index contributed by atoms with van der Waals surface area (Å²) < 4.78 is 11.0. The van der Waals surface area contributed by atoms with Gasteiger partial charge in [-0.1, -0.05) is 25.5 Å². The molecule has 3 rings (SSSR count). The fraction of sp³-hybridized carbons (Fsp3) is 0.400. The molecule has 5 nitrogen and oxygen atoms in total. The van der Waals surface area contributed by atoms with Crippen molar-refractivity contribution in [2.45, 2.75) is 32.6 Å². The first-order chi connectivity index (χ1) is 12.1. The van der Waals surface area contributed by atoms with Crippen LogP contribution >= 0.6 is 0 Å². The maximum absolute atomic E-state index is 9.73. The second kappa shape index (κ2) is 7.02. The summed E-state index contributed by atoms with van der Waals surface area (Å²) in [5, 5.41) is 9.73. The normalized spacial score (nSPS) is 16.0. The molecule has 0 aliphatic heterocycles. The standard InChI is InChI=1S/C20H23N3O2/c1-4-12-8-9-16-14(10-12)18(15(11-21)20(22)23-16)13-6-5-7-17(24-2)19(13)25-3/h5-7,12H,4,8-10H2,1-3H3,(H2,22,23). The Labute approximate surface area is 148 Å². The van der Waals surface area contributed by atoms with Gasteiger partial charge in [0, 0.05) is 16.8 Å². The summed E-state index contributed by atoms with van der Waals surface area (Å²) in [7, 11) is 3.22. The van der Waals surface area contributed by atoms with Crippen molar-refractivity contribution in [1.82, 2.24) is 4.98 Å².